The first-order valence-corrected chi connectivity index (χ1v) is 49.5. The molecule has 36 nitrogen and oxygen atoms in total. The van der Waals surface area contributed by atoms with Gasteiger partial charge in [0.05, 0.1) is 65.3 Å². The molecule has 1 aliphatic carbocycles. The first kappa shape index (κ1) is 93.3. The predicted molar refractivity (Wildman–Crippen MR) is 550 cm³/mol. The normalized spacial score (nSPS) is 17.3. The van der Waals surface area contributed by atoms with Gasteiger partial charge in [0, 0.05) is 207 Å². The number of likely N-dealkylation sites (tertiary alicyclic amines) is 1. The largest absolute Gasteiger partial charge is 0.379 e. The molecule has 4 amide bonds. The molecule has 0 bridgehead atoms. The average molecular weight is 1910 g/mol. The molecule has 1 unspecified atom stereocenters. The van der Waals surface area contributed by atoms with Crippen molar-refractivity contribution in [3.05, 3.63) is 279 Å². The lowest BCUT2D eigenvalue weighted by molar-refractivity contribution is 0.0348. The van der Waals surface area contributed by atoms with E-state index in [1.807, 2.05) is 208 Å². The van der Waals surface area contributed by atoms with Gasteiger partial charge in [0.25, 0.3) is 23.6 Å². The maximum atomic E-state index is 13.3. The Morgan fingerprint density at radius 2 is 0.769 bits per heavy atom. The Kier molecular flexibility index (Phi) is 28.8. The predicted octanol–water partition coefficient (Wildman–Crippen LogP) is 15.5. The average Bonchev–Trinajstić information content (AvgIpc) is 1.65. The van der Waals surface area contributed by atoms with E-state index >= 15 is 0 Å². The molecule has 6 fully saturated rings. The van der Waals surface area contributed by atoms with Crippen LogP contribution < -0.4 is 26.6 Å². The number of nitrogens with one attached hydrogen (secondary N) is 9. The second kappa shape index (κ2) is 44.2. The Labute approximate surface area is 825 Å². The number of piperidine rings is 1. The SMILES string of the molecule is O=C(NC1CCC(CN2CCCC2)CC1)c1cc2cc(Nc3nccc(-c4ccccn4)n3)ccc2[nH]1.O=C(c1cc2cc(Nc3nccc(-c4ccccn4)n3)ccc2[nH]1)N1CCN(CCCN2CCOCC2)CC1.O=C(c1cc2cc(Nc3nccc(-c4ccccn4)n3)ccc2[nH]1)N1CCN2CCCCC2C1.O=C(c1cc2cc(Nc3nccc(-c4ccccn4)n3)ccc2[nH]1)N1CCn2cnnc2C1. The van der Waals surface area contributed by atoms with Crippen LogP contribution in [0.3, 0.4) is 0 Å². The van der Waals surface area contributed by atoms with E-state index in [1.165, 1.54) is 71.1 Å². The monoisotopic (exact) mass is 1910 g/mol. The molecule has 6 aliphatic heterocycles. The van der Waals surface area contributed by atoms with Crippen molar-refractivity contribution in [2.45, 2.75) is 89.4 Å². The van der Waals surface area contributed by atoms with E-state index < -0.39 is 0 Å². The lowest BCUT2D eigenvalue weighted by Crippen LogP contribution is -2.56. The van der Waals surface area contributed by atoms with Crippen molar-refractivity contribution in [2.24, 2.45) is 5.92 Å². The Balaban J connectivity index is 0.000000113. The van der Waals surface area contributed by atoms with Crippen LogP contribution in [0, 0.1) is 5.92 Å². The molecule has 5 saturated heterocycles. The van der Waals surface area contributed by atoms with Gasteiger partial charge >= 0.3 is 0 Å². The van der Waals surface area contributed by atoms with E-state index in [0.29, 0.717) is 72.2 Å². The van der Waals surface area contributed by atoms with E-state index in [2.05, 4.69) is 136 Å². The van der Waals surface area contributed by atoms with Crippen LogP contribution in [0.2, 0.25) is 0 Å². The minimum Gasteiger partial charge on any atom is -0.379 e. The smallest absolute Gasteiger partial charge is 0.270 e. The van der Waals surface area contributed by atoms with Gasteiger partial charge in [0.15, 0.2) is 5.82 Å². The molecule has 0 spiro atoms. The highest BCUT2D eigenvalue weighted by atomic mass is 16.5. The van der Waals surface area contributed by atoms with Gasteiger partial charge in [0.2, 0.25) is 23.8 Å². The molecule has 9 N–H and O–H groups in total. The van der Waals surface area contributed by atoms with Gasteiger partial charge < -0.3 is 75.4 Å². The number of fused-ring (bicyclic) bond motifs is 6. The van der Waals surface area contributed by atoms with Crippen molar-refractivity contribution in [2.75, 3.05) is 139 Å². The van der Waals surface area contributed by atoms with Gasteiger partial charge in [-0.25, -0.2) is 39.9 Å². The number of aromatic amines is 4. The summed E-state index contributed by atoms with van der Waals surface area (Å²) in [5.74, 6) is 3.60. The van der Waals surface area contributed by atoms with Crippen molar-refractivity contribution in [3.8, 4) is 45.6 Å². The lowest BCUT2D eigenvalue weighted by atomic mass is 9.85. The van der Waals surface area contributed by atoms with Gasteiger partial charge in [-0.2, -0.15) is 0 Å². The first-order chi connectivity index (χ1) is 70.4. The standard InChI is InChI=1S/C29H34N8O2.C29H33N7O.C26H27N7O.C23H19N9O/c38-28(37-14-12-35(13-15-37)10-3-11-36-16-18-39-19-17-36)27-21-22-20-23(5-6-24(22)33-27)32-29-31-9-7-26(34-29)25-4-1-2-8-30-25;37-28(32-22-8-6-20(7-9-22)19-36-15-3-4-16-36)27-18-21-17-23(10-11-24(21)34-27)33-29-31-14-12-26(35-29)25-5-1-2-13-30-25;34-25(33-14-13-32-12-4-2-5-20(32)17-33)24-16-18-15-19(7-8-21(18)30-24)29-26-28-11-9-23(31-26)22-6-1-3-10-27-22;33-22(31-9-10-32-14-26-30-21(32)13-31)20-12-15-11-16(4-5-17(15)28-20)27-23-25-8-6-19(29-23)18-3-1-2-7-24-18/h1-2,4-9,20-21,33H,3,10-19H2,(H,31,32,34);1-2,5,10-14,17-18,20,22,34H,3-4,6-9,15-16,19H2,(H,32,37)(H,31,33,35);1,3,6-11,15-16,20,30H,2,4-5,12-14,17H2,(H,28,29,31);1-8,11-12,14,28H,9-10,13H2,(H,25,27,29). The number of anilines is 8. The molecule has 4 aromatic carbocycles. The highest BCUT2D eigenvalue weighted by Gasteiger charge is 2.34. The van der Waals surface area contributed by atoms with E-state index in [0.717, 1.165) is 228 Å². The highest BCUT2D eigenvalue weighted by Crippen LogP contribution is 2.34. The third-order valence-electron chi connectivity index (χ3n) is 27.4. The first-order valence-electron chi connectivity index (χ1n) is 49.5. The molecule has 143 heavy (non-hydrogen) atoms. The quantitative estimate of drug-likeness (QED) is 0.0287. The van der Waals surface area contributed by atoms with Crippen molar-refractivity contribution < 1.29 is 23.9 Å². The maximum Gasteiger partial charge on any atom is 0.270 e. The molecular formula is C107H113N31O5. The summed E-state index contributed by atoms with van der Waals surface area (Å²) in [6.45, 7) is 18.6. The van der Waals surface area contributed by atoms with E-state index in [9.17, 15) is 19.2 Å². The second-order valence-corrected chi connectivity index (χ2v) is 37.1. The molecule has 1 atom stereocenters. The summed E-state index contributed by atoms with van der Waals surface area (Å²) < 4.78 is 7.40. The zero-order valence-corrected chi connectivity index (χ0v) is 79.5. The Hall–Kier alpha value is -16.0. The van der Waals surface area contributed by atoms with Crippen molar-refractivity contribution in [3.63, 3.8) is 0 Å². The van der Waals surface area contributed by atoms with E-state index in [-0.39, 0.29) is 29.7 Å². The van der Waals surface area contributed by atoms with E-state index in [4.69, 9.17) is 4.74 Å². The molecule has 1 saturated carbocycles. The Morgan fingerprint density at radius 1 is 0.357 bits per heavy atom. The Morgan fingerprint density at radius 3 is 1.22 bits per heavy atom. The number of carbonyl (C=O) groups is 4. The van der Waals surface area contributed by atoms with Crippen LogP contribution in [0.1, 0.15) is 112 Å². The zero-order chi connectivity index (χ0) is 96.6. The molecule has 24 rings (SSSR count). The Bertz CT molecular complexity index is 7240. The van der Waals surface area contributed by atoms with Crippen LogP contribution >= 0.6 is 0 Å². The molecule has 726 valence electrons. The number of H-pyrrole nitrogens is 4. The molecule has 7 aliphatic rings. The van der Waals surface area contributed by atoms with Gasteiger partial charge in [0.1, 0.15) is 29.1 Å². The summed E-state index contributed by atoms with van der Waals surface area (Å²) in [4.78, 5) is 135. The van der Waals surface area contributed by atoms with Crippen LogP contribution in [-0.2, 0) is 17.8 Å². The number of nitrogens with zero attached hydrogens (tertiary/aromatic N) is 22. The third-order valence-corrected chi connectivity index (χ3v) is 27.4. The molecule has 19 heterocycles. The van der Waals surface area contributed by atoms with Crippen molar-refractivity contribution in [1.29, 1.82) is 0 Å². The molecule has 0 radical (unpaired) electrons. The van der Waals surface area contributed by atoms with Crippen molar-refractivity contribution in [1.82, 2.24) is 134 Å². The number of amides is 4. The minimum atomic E-state index is -0.0543. The number of hydrogen-bond acceptors (Lipinski definition) is 27. The van der Waals surface area contributed by atoms with Gasteiger partial charge in [-0.3, -0.25) is 53.8 Å². The molecule has 13 aromatic heterocycles. The fraction of sp³-hybridized carbons (Fsp3) is 0.308. The summed E-state index contributed by atoms with van der Waals surface area (Å²) in [7, 11) is 0. The number of rotatable bonds is 23. The number of hydrogen-bond donors (Lipinski definition) is 9. The third kappa shape index (κ3) is 23.3. The number of ether oxygens (including phenoxy) is 1. The van der Waals surface area contributed by atoms with Crippen LogP contribution in [0.4, 0.5) is 46.5 Å². The molecular weight excluding hydrogens is 1800 g/mol. The highest BCUT2D eigenvalue weighted by molar-refractivity contribution is 6.02. The van der Waals surface area contributed by atoms with Crippen LogP contribution in [-0.4, -0.2) is 282 Å². The molecule has 17 aromatic rings. The number of benzene rings is 4. The minimum absolute atomic E-state index is 0.0277. The summed E-state index contributed by atoms with van der Waals surface area (Å²) in [5.41, 5.74) is 15.6. The van der Waals surface area contributed by atoms with Crippen molar-refractivity contribution >= 4 is 114 Å². The molecule has 36 heteroatoms. The topological polar surface area (TPSA) is 409 Å². The number of pyridine rings is 4. The number of piperazine rings is 2. The number of carbonyl (C=O) groups excluding carboxylic acids is 4. The lowest BCUT2D eigenvalue weighted by Gasteiger charge is -2.43. The maximum absolute atomic E-state index is 13.3. The van der Waals surface area contributed by atoms with Gasteiger partial charge in [-0.05, 0) is 266 Å². The summed E-state index contributed by atoms with van der Waals surface area (Å²) >= 11 is 0. The fourth-order valence-electron chi connectivity index (χ4n) is 19.8. The number of morpholine rings is 1. The fourth-order valence-corrected chi connectivity index (χ4v) is 19.8. The van der Waals surface area contributed by atoms with Gasteiger partial charge in [-0.1, -0.05) is 30.7 Å². The summed E-state index contributed by atoms with van der Waals surface area (Å²) in [5, 5.41) is 28.2. The second-order valence-electron chi connectivity index (χ2n) is 37.1. The van der Waals surface area contributed by atoms with Crippen LogP contribution in [0.5, 0.6) is 0 Å². The summed E-state index contributed by atoms with van der Waals surface area (Å²) in [6, 6.07) is 62.3. The van der Waals surface area contributed by atoms with Crippen LogP contribution in [0.25, 0.3) is 89.2 Å². The van der Waals surface area contributed by atoms with Crippen LogP contribution in [0.15, 0.2) is 250 Å². The zero-order valence-electron chi connectivity index (χ0n) is 79.5. The van der Waals surface area contributed by atoms with Gasteiger partial charge in [-0.15, -0.1) is 10.2 Å². The number of aromatic nitrogens is 19. The summed E-state index contributed by atoms with van der Waals surface area (Å²) in [6.07, 6.45) is 27.6. The van der Waals surface area contributed by atoms with E-state index in [1.54, 1.807) is 60.8 Å².